The Kier molecular flexibility index (Phi) is 5.20. The minimum atomic E-state index is -0.167. The van der Waals surface area contributed by atoms with Crippen LogP contribution in [0.2, 0.25) is 0 Å². The number of aromatic nitrogens is 1. The van der Waals surface area contributed by atoms with Gasteiger partial charge in [0.2, 0.25) is 5.88 Å². The normalized spacial score (nSPS) is 15.5. The highest BCUT2D eigenvalue weighted by molar-refractivity contribution is 5.92. The van der Waals surface area contributed by atoms with E-state index in [1.807, 2.05) is 4.90 Å². The third-order valence-corrected chi connectivity index (χ3v) is 3.12. The molecule has 1 fully saturated rings. The molecular weight excluding hydrogens is 246 g/mol. The van der Waals surface area contributed by atoms with Crippen molar-refractivity contribution in [1.82, 2.24) is 10.5 Å². The summed E-state index contributed by atoms with van der Waals surface area (Å²) in [5, 5.41) is 6.67. The van der Waals surface area contributed by atoms with Crippen molar-refractivity contribution in [2.75, 3.05) is 37.7 Å². The summed E-state index contributed by atoms with van der Waals surface area (Å²) in [4.78, 5) is 13.9. The Bertz CT molecular complexity index is 400. The minimum Gasteiger partial charge on any atom is -0.378 e. The summed E-state index contributed by atoms with van der Waals surface area (Å²) < 4.78 is 10.5. The van der Waals surface area contributed by atoms with Gasteiger partial charge in [-0.25, -0.2) is 0 Å². The third-order valence-electron chi connectivity index (χ3n) is 3.12. The number of carbonyl (C=O) groups excluding carboxylic acids is 1. The molecule has 1 amide bonds. The molecule has 1 saturated heterocycles. The van der Waals surface area contributed by atoms with Crippen LogP contribution < -0.4 is 10.2 Å². The van der Waals surface area contributed by atoms with Crippen molar-refractivity contribution >= 4 is 11.8 Å². The minimum absolute atomic E-state index is 0.167. The predicted octanol–water partition coefficient (Wildman–Crippen LogP) is 1.43. The van der Waals surface area contributed by atoms with Crippen molar-refractivity contribution in [2.24, 2.45) is 0 Å². The van der Waals surface area contributed by atoms with Crippen LogP contribution in [0.3, 0.4) is 0 Å². The van der Waals surface area contributed by atoms with E-state index in [1.165, 1.54) is 0 Å². The second-order valence-corrected chi connectivity index (χ2v) is 4.61. The first-order valence-corrected chi connectivity index (χ1v) is 6.89. The van der Waals surface area contributed by atoms with Crippen LogP contribution in [0.25, 0.3) is 0 Å². The molecule has 0 radical (unpaired) electrons. The lowest BCUT2D eigenvalue weighted by Crippen LogP contribution is -2.35. The molecule has 6 heteroatoms. The highest BCUT2D eigenvalue weighted by Gasteiger charge is 2.18. The summed E-state index contributed by atoms with van der Waals surface area (Å²) in [6, 6.07) is 1.69. The van der Waals surface area contributed by atoms with Gasteiger partial charge in [-0.15, -0.1) is 0 Å². The van der Waals surface area contributed by atoms with Gasteiger partial charge in [0.15, 0.2) is 5.69 Å². The Labute approximate surface area is 113 Å². The Hall–Kier alpha value is -1.56. The number of unbranched alkanes of at least 4 members (excludes halogenated alkanes) is 2. The molecule has 0 aliphatic carbocycles. The number of nitrogens with zero attached hydrogens (tertiary/aromatic N) is 2. The number of anilines is 1. The summed E-state index contributed by atoms with van der Waals surface area (Å²) >= 11 is 0. The number of rotatable bonds is 6. The van der Waals surface area contributed by atoms with E-state index in [4.69, 9.17) is 9.26 Å². The summed E-state index contributed by atoms with van der Waals surface area (Å²) in [6.07, 6.45) is 3.26. The topological polar surface area (TPSA) is 67.6 Å². The zero-order chi connectivity index (χ0) is 13.5. The molecule has 0 atom stereocenters. The maximum absolute atomic E-state index is 11.8. The van der Waals surface area contributed by atoms with Gasteiger partial charge in [-0.05, 0) is 6.42 Å². The lowest BCUT2D eigenvalue weighted by Gasteiger charge is -2.25. The van der Waals surface area contributed by atoms with E-state index >= 15 is 0 Å². The van der Waals surface area contributed by atoms with E-state index in [0.717, 1.165) is 32.4 Å². The molecule has 1 aromatic heterocycles. The predicted molar refractivity (Wildman–Crippen MR) is 71.4 cm³/mol. The van der Waals surface area contributed by atoms with Crippen LogP contribution in [-0.2, 0) is 4.74 Å². The number of amides is 1. The molecular formula is C13H21N3O3. The maximum atomic E-state index is 11.8. The lowest BCUT2D eigenvalue weighted by atomic mass is 10.2. The van der Waals surface area contributed by atoms with Gasteiger partial charge < -0.3 is 19.5 Å². The number of ether oxygens (including phenoxy) is 1. The first-order chi connectivity index (χ1) is 9.31. The van der Waals surface area contributed by atoms with E-state index in [1.54, 1.807) is 6.07 Å². The van der Waals surface area contributed by atoms with E-state index in [0.29, 0.717) is 31.3 Å². The van der Waals surface area contributed by atoms with Gasteiger partial charge in [-0.1, -0.05) is 24.9 Å². The molecule has 19 heavy (non-hydrogen) atoms. The fourth-order valence-electron chi connectivity index (χ4n) is 1.97. The summed E-state index contributed by atoms with van der Waals surface area (Å²) in [5.74, 6) is 0.473. The van der Waals surface area contributed by atoms with Crippen molar-refractivity contribution in [3.63, 3.8) is 0 Å². The van der Waals surface area contributed by atoms with Gasteiger partial charge in [-0.3, -0.25) is 4.79 Å². The number of carbonyl (C=O) groups is 1. The van der Waals surface area contributed by atoms with Gasteiger partial charge in [0.1, 0.15) is 0 Å². The highest BCUT2D eigenvalue weighted by atomic mass is 16.5. The summed E-state index contributed by atoms with van der Waals surface area (Å²) in [6.45, 7) is 5.72. The van der Waals surface area contributed by atoms with Crippen molar-refractivity contribution < 1.29 is 14.1 Å². The Morgan fingerprint density at radius 2 is 2.21 bits per heavy atom. The largest absolute Gasteiger partial charge is 0.378 e. The highest BCUT2D eigenvalue weighted by Crippen LogP contribution is 2.16. The SMILES string of the molecule is CCCCCNC(=O)c1cc(N2CCOCC2)on1. The van der Waals surface area contributed by atoms with Crippen LogP contribution in [0.5, 0.6) is 0 Å². The second-order valence-electron chi connectivity index (χ2n) is 4.61. The number of hydrogen-bond donors (Lipinski definition) is 1. The molecule has 1 aliphatic heterocycles. The van der Waals surface area contributed by atoms with Crippen molar-refractivity contribution in [3.05, 3.63) is 11.8 Å². The molecule has 0 bridgehead atoms. The molecule has 1 aliphatic rings. The average molecular weight is 267 g/mol. The molecule has 106 valence electrons. The molecule has 6 nitrogen and oxygen atoms in total. The third kappa shape index (κ3) is 3.96. The molecule has 0 unspecified atom stereocenters. The number of nitrogens with one attached hydrogen (secondary N) is 1. The Morgan fingerprint density at radius 3 is 2.95 bits per heavy atom. The van der Waals surface area contributed by atoms with E-state index < -0.39 is 0 Å². The van der Waals surface area contributed by atoms with Crippen LogP contribution in [0, 0.1) is 0 Å². The van der Waals surface area contributed by atoms with Crippen LogP contribution in [-0.4, -0.2) is 43.9 Å². The molecule has 0 saturated carbocycles. The molecule has 2 rings (SSSR count). The first kappa shape index (κ1) is 13.9. The monoisotopic (exact) mass is 267 g/mol. The van der Waals surface area contributed by atoms with Gasteiger partial charge in [0.05, 0.1) is 13.2 Å². The first-order valence-electron chi connectivity index (χ1n) is 6.89. The molecule has 1 aromatic rings. The maximum Gasteiger partial charge on any atom is 0.273 e. The van der Waals surface area contributed by atoms with E-state index in [2.05, 4.69) is 17.4 Å². The number of morpholine rings is 1. The van der Waals surface area contributed by atoms with E-state index in [9.17, 15) is 4.79 Å². The van der Waals surface area contributed by atoms with Crippen molar-refractivity contribution in [3.8, 4) is 0 Å². The zero-order valence-corrected chi connectivity index (χ0v) is 11.4. The fourth-order valence-corrected chi connectivity index (χ4v) is 1.97. The van der Waals surface area contributed by atoms with Gasteiger partial charge in [0.25, 0.3) is 5.91 Å². The zero-order valence-electron chi connectivity index (χ0n) is 11.4. The van der Waals surface area contributed by atoms with Crippen LogP contribution in [0.1, 0.15) is 36.7 Å². The van der Waals surface area contributed by atoms with Gasteiger partial charge in [-0.2, -0.15) is 0 Å². The van der Waals surface area contributed by atoms with Crippen LogP contribution in [0.15, 0.2) is 10.6 Å². The standard InChI is InChI=1S/C13H21N3O3/c1-2-3-4-5-14-13(17)11-10-12(19-15-11)16-6-8-18-9-7-16/h10H,2-9H2,1H3,(H,14,17). The fraction of sp³-hybridized carbons (Fsp3) is 0.692. The average Bonchev–Trinajstić information content (AvgIpc) is 2.94. The molecule has 0 aromatic carbocycles. The van der Waals surface area contributed by atoms with Crippen molar-refractivity contribution in [2.45, 2.75) is 26.2 Å². The molecule has 2 heterocycles. The van der Waals surface area contributed by atoms with E-state index in [-0.39, 0.29) is 5.91 Å². The second kappa shape index (κ2) is 7.13. The Balaban J connectivity index is 1.83. The smallest absolute Gasteiger partial charge is 0.273 e. The quantitative estimate of drug-likeness (QED) is 0.790. The van der Waals surface area contributed by atoms with Crippen LogP contribution >= 0.6 is 0 Å². The van der Waals surface area contributed by atoms with Crippen LogP contribution in [0.4, 0.5) is 5.88 Å². The number of hydrogen-bond acceptors (Lipinski definition) is 5. The Morgan fingerprint density at radius 1 is 1.42 bits per heavy atom. The molecule has 0 spiro atoms. The molecule has 1 N–H and O–H groups in total. The summed E-state index contributed by atoms with van der Waals surface area (Å²) in [5.41, 5.74) is 0.345. The summed E-state index contributed by atoms with van der Waals surface area (Å²) in [7, 11) is 0. The lowest BCUT2D eigenvalue weighted by molar-refractivity contribution is 0.0943. The van der Waals surface area contributed by atoms with Gasteiger partial charge >= 0.3 is 0 Å². The van der Waals surface area contributed by atoms with Gasteiger partial charge in [0, 0.05) is 25.7 Å². The van der Waals surface area contributed by atoms with Crippen molar-refractivity contribution in [1.29, 1.82) is 0 Å².